The molecule has 204 valence electrons. The van der Waals surface area contributed by atoms with Crippen LogP contribution in [0.25, 0.3) is 0 Å². The fourth-order valence-electron chi connectivity index (χ4n) is 5.37. The SMILES string of the molecule is CCCCCCCCCCCc1c2c(cc3c1OC1C=CC([N+](=O)[O-])=CC1=[NH+]3)[NH+]=C1C=C([N+](=O)[O-])C=CC1O2. The van der Waals surface area contributed by atoms with Gasteiger partial charge in [-0.05, 0) is 25.0 Å². The Morgan fingerprint density at radius 1 is 0.744 bits per heavy atom. The van der Waals surface area contributed by atoms with Crippen LogP contribution in [0.1, 0.15) is 70.3 Å². The molecule has 0 saturated carbocycles. The van der Waals surface area contributed by atoms with E-state index in [4.69, 9.17) is 9.47 Å². The molecule has 1 aromatic carbocycles. The molecule has 2 heterocycles. The molecule has 0 radical (unpaired) electrons. The quantitative estimate of drug-likeness (QED) is 0.241. The van der Waals surface area contributed by atoms with Crippen molar-refractivity contribution in [2.75, 3.05) is 0 Å². The molecule has 2 unspecified atom stereocenters. The number of hydrogen-bond acceptors (Lipinski definition) is 6. The largest absolute Gasteiger partial charge is 0.468 e. The number of allylic oxidation sites excluding steroid dienone is 2. The van der Waals surface area contributed by atoms with Crippen molar-refractivity contribution in [1.29, 1.82) is 0 Å². The van der Waals surface area contributed by atoms with Crippen LogP contribution in [0.2, 0.25) is 0 Å². The minimum atomic E-state index is -0.458. The lowest BCUT2D eigenvalue weighted by molar-refractivity contribution is -0.420. The summed E-state index contributed by atoms with van der Waals surface area (Å²) >= 11 is 0. The fraction of sp³-hybridized carbons (Fsp3) is 0.448. The number of hydrogen-bond donors (Lipinski definition) is 2. The highest BCUT2D eigenvalue weighted by Gasteiger charge is 2.40. The Balaban J connectivity index is 1.42. The van der Waals surface area contributed by atoms with Crippen LogP contribution < -0.4 is 19.5 Å². The first kappa shape index (κ1) is 26.5. The van der Waals surface area contributed by atoms with E-state index in [-0.39, 0.29) is 11.4 Å². The van der Waals surface area contributed by atoms with E-state index in [0.29, 0.717) is 34.3 Å². The van der Waals surface area contributed by atoms with Crippen molar-refractivity contribution in [3.05, 3.63) is 79.7 Å². The lowest BCUT2D eigenvalue weighted by Crippen LogP contribution is -2.74. The van der Waals surface area contributed by atoms with Gasteiger partial charge in [0.25, 0.3) is 22.8 Å². The molecule has 10 nitrogen and oxygen atoms in total. The summed E-state index contributed by atoms with van der Waals surface area (Å²) in [6, 6.07) is 1.84. The minimum absolute atomic E-state index is 0.0139. The molecule has 0 spiro atoms. The van der Waals surface area contributed by atoms with E-state index in [1.54, 1.807) is 12.2 Å². The summed E-state index contributed by atoms with van der Waals surface area (Å²) in [6.45, 7) is 2.23. The molecule has 2 atom stereocenters. The van der Waals surface area contributed by atoms with Crippen LogP contribution in [-0.4, -0.2) is 33.5 Å². The van der Waals surface area contributed by atoms with Gasteiger partial charge in [-0.1, -0.05) is 58.3 Å². The highest BCUT2D eigenvalue weighted by Crippen LogP contribution is 2.42. The summed E-state index contributed by atoms with van der Waals surface area (Å²) in [5, 5.41) is 22.6. The van der Waals surface area contributed by atoms with Gasteiger partial charge in [0, 0.05) is 12.2 Å². The summed E-state index contributed by atoms with van der Waals surface area (Å²) in [6.07, 6.45) is 20.0. The molecular formula is C29H34N4O6+2. The smallest absolute Gasteiger partial charge is 0.275 e. The summed E-state index contributed by atoms with van der Waals surface area (Å²) in [5.74, 6) is 1.35. The third-order valence-corrected chi connectivity index (χ3v) is 7.43. The lowest BCUT2D eigenvalue weighted by atomic mass is 9.97. The highest BCUT2D eigenvalue weighted by molar-refractivity contribution is 6.00. The van der Waals surface area contributed by atoms with Crippen molar-refractivity contribution < 1.29 is 29.3 Å². The van der Waals surface area contributed by atoms with Crippen molar-refractivity contribution in [2.45, 2.75) is 83.3 Å². The molecule has 39 heavy (non-hydrogen) atoms. The van der Waals surface area contributed by atoms with Gasteiger partial charge >= 0.3 is 0 Å². The Labute approximate surface area is 226 Å². The minimum Gasteiger partial charge on any atom is -0.468 e. The summed E-state index contributed by atoms with van der Waals surface area (Å²) < 4.78 is 12.8. The van der Waals surface area contributed by atoms with Crippen LogP contribution in [0.4, 0.5) is 11.4 Å². The van der Waals surface area contributed by atoms with Crippen LogP contribution in [0.5, 0.6) is 11.5 Å². The molecule has 0 bridgehead atoms. The van der Waals surface area contributed by atoms with Gasteiger partial charge in [-0.25, -0.2) is 9.98 Å². The lowest BCUT2D eigenvalue weighted by Gasteiger charge is -2.26. The molecule has 5 rings (SSSR count). The summed E-state index contributed by atoms with van der Waals surface area (Å²) in [4.78, 5) is 28.4. The van der Waals surface area contributed by atoms with Gasteiger partial charge < -0.3 is 9.47 Å². The van der Waals surface area contributed by atoms with Crippen LogP contribution in [0.3, 0.4) is 0 Å². The van der Waals surface area contributed by atoms with E-state index >= 15 is 0 Å². The molecule has 0 fully saturated rings. The highest BCUT2D eigenvalue weighted by atomic mass is 16.6. The molecule has 0 aromatic heterocycles. The molecule has 2 aliphatic carbocycles. The summed E-state index contributed by atoms with van der Waals surface area (Å²) in [7, 11) is 0. The van der Waals surface area contributed by atoms with Crippen LogP contribution in [0.15, 0.2) is 53.9 Å². The van der Waals surface area contributed by atoms with Crippen molar-refractivity contribution in [1.82, 2.24) is 0 Å². The average molecular weight is 535 g/mol. The van der Waals surface area contributed by atoms with E-state index in [9.17, 15) is 20.2 Å². The maximum Gasteiger partial charge on any atom is 0.275 e. The molecule has 0 amide bonds. The molecule has 1 aromatic rings. The zero-order valence-corrected chi connectivity index (χ0v) is 22.1. The zero-order chi connectivity index (χ0) is 27.4. The van der Waals surface area contributed by atoms with Gasteiger partial charge in [0.05, 0.1) is 33.6 Å². The Hall–Kier alpha value is -4.08. The molecule has 0 saturated heterocycles. The number of nitro groups is 2. The summed E-state index contributed by atoms with van der Waals surface area (Å²) in [5.41, 5.74) is 3.44. The maximum atomic E-state index is 11.3. The van der Waals surface area contributed by atoms with E-state index < -0.39 is 22.1 Å². The van der Waals surface area contributed by atoms with Crippen molar-refractivity contribution in [2.24, 2.45) is 0 Å². The van der Waals surface area contributed by atoms with Crippen LogP contribution >= 0.6 is 0 Å². The standard InChI is InChI=1S/C29H32N4O6/c1-2-3-4-5-6-7-8-9-10-11-21-28-24(30-22-16-19(32(34)35)12-14-26(22)38-28)18-25-29(21)39-27-15-13-20(33(36)37)17-23(27)31-25/h12-18,26-27H,2-11H2,1H3/p+2. The Morgan fingerprint density at radius 2 is 1.21 bits per heavy atom. The third-order valence-electron chi connectivity index (χ3n) is 7.43. The average Bonchev–Trinajstić information content (AvgIpc) is 2.93. The molecular weight excluding hydrogens is 500 g/mol. The maximum absolute atomic E-state index is 11.3. The topological polar surface area (TPSA) is 133 Å². The van der Waals surface area contributed by atoms with Crippen LogP contribution in [-0.2, 0) is 6.42 Å². The van der Waals surface area contributed by atoms with Crippen molar-refractivity contribution in [3.8, 4) is 11.5 Å². The number of nitrogens with zero attached hydrogens (tertiary/aromatic N) is 2. The Kier molecular flexibility index (Phi) is 7.99. The van der Waals surface area contributed by atoms with Gasteiger partial charge in [-0.2, -0.15) is 0 Å². The number of rotatable bonds is 12. The number of unbranched alkanes of at least 4 members (excludes halogenated alkanes) is 8. The van der Waals surface area contributed by atoms with Gasteiger partial charge in [-0.15, -0.1) is 0 Å². The van der Waals surface area contributed by atoms with Crippen LogP contribution in [0, 0.1) is 20.2 Å². The molecule has 4 aliphatic rings. The van der Waals surface area contributed by atoms with E-state index in [0.717, 1.165) is 24.8 Å². The second-order valence-corrected chi connectivity index (χ2v) is 10.3. The molecule has 2 aliphatic heterocycles. The Bertz CT molecular complexity index is 1270. The predicted octanol–water partition coefficient (Wildman–Crippen LogP) is 3.05. The van der Waals surface area contributed by atoms with E-state index in [1.165, 1.54) is 69.2 Å². The fourth-order valence-corrected chi connectivity index (χ4v) is 5.37. The number of benzene rings is 1. The normalized spacial score (nSPS) is 20.1. The third kappa shape index (κ3) is 5.84. The monoisotopic (exact) mass is 534 g/mol. The molecule has 2 N–H and O–H groups in total. The first-order chi connectivity index (χ1) is 18.9. The second-order valence-electron chi connectivity index (χ2n) is 10.3. The van der Waals surface area contributed by atoms with Crippen molar-refractivity contribution >= 4 is 22.8 Å². The van der Waals surface area contributed by atoms with Gasteiger partial charge in [-0.3, -0.25) is 20.2 Å². The number of fused-ring (bicyclic) bond motifs is 4. The first-order valence-corrected chi connectivity index (χ1v) is 13.8. The van der Waals surface area contributed by atoms with Gasteiger partial charge in [0.2, 0.25) is 23.6 Å². The molecule has 10 heteroatoms. The number of nitrogens with one attached hydrogen (secondary N) is 2. The second kappa shape index (κ2) is 11.8. The van der Waals surface area contributed by atoms with Crippen molar-refractivity contribution in [3.63, 3.8) is 0 Å². The Morgan fingerprint density at radius 3 is 1.67 bits per heavy atom. The van der Waals surface area contributed by atoms with Gasteiger partial charge in [0.15, 0.2) is 11.5 Å². The van der Waals surface area contributed by atoms with E-state index in [2.05, 4.69) is 16.9 Å². The number of ether oxygens (including phenoxy) is 2. The predicted molar refractivity (Wildman–Crippen MR) is 146 cm³/mol. The van der Waals surface area contributed by atoms with E-state index in [1.807, 2.05) is 6.07 Å². The zero-order valence-electron chi connectivity index (χ0n) is 22.1. The van der Waals surface area contributed by atoms with Gasteiger partial charge in [0.1, 0.15) is 0 Å². The first-order valence-electron chi connectivity index (χ1n) is 13.8.